The average molecular weight is 196 g/mol. The third-order valence-electron chi connectivity index (χ3n) is 4.11. The number of carbonyl (C=O) groups is 2. The van der Waals surface area contributed by atoms with E-state index in [9.17, 15) is 14.7 Å². The Morgan fingerprint density at radius 2 is 2.00 bits per heavy atom. The van der Waals surface area contributed by atoms with Crippen LogP contribution in [0.1, 0.15) is 45.4 Å². The second-order valence-corrected chi connectivity index (χ2v) is 4.61. The number of carbonyl (C=O) groups excluding carboxylic acids is 2. The van der Waals surface area contributed by atoms with Crippen molar-refractivity contribution in [2.45, 2.75) is 51.0 Å². The Labute approximate surface area is 83.5 Å². The molecular weight excluding hydrogens is 180 g/mol. The van der Waals surface area contributed by atoms with E-state index in [2.05, 4.69) is 0 Å². The molecule has 3 nitrogen and oxygen atoms in total. The maximum absolute atomic E-state index is 11.8. The zero-order chi connectivity index (χ0) is 10.4. The molecule has 0 unspecified atom stereocenters. The van der Waals surface area contributed by atoms with Gasteiger partial charge in [-0.2, -0.15) is 0 Å². The molecule has 2 aliphatic rings. The van der Waals surface area contributed by atoms with Crippen molar-refractivity contribution in [2.75, 3.05) is 0 Å². The standard InChI is InChI=1S/C11H16O3/c1-2-10-5-3-8(12)7-11(10,14)6-4-9(10)13/h14H,2-7H2,1H3/t10-,11+/m1/s1. The number of aliphatic hydroxyl groups is 1. The molecule has 2 rings (SSSR count). The van der Waals surface area contributed by atoms with Gasteiger partial charge in [0.1, 0.15) is 11.6 Å². The van der Waals surface area contributed by atoms with E-state index in [0.717, 1.165) is 0 Å². The lowest BCUT2D eigenvalue weighted by Gasteiger charge is -2.43. The maximum Gasteiger partial charge on any atom is 0.142 e. The number of hydrogen-bond acceptors (Lipinski definition) is 3. The summed E-state index contributed by atoms with van der Waals surface area (Å²) in [6, 6.07) is 0. The largest absolute Gasteiger partial charge is 0.388 e. The van der Waals surface area contributed by atoms with Gasteiger partial charge in [-0.25, -0.2) is 0 Å². The van der Waals surface area contributed by atoms with Crippen molar-refractivity contribution in [3.05, 3.63) is 0 Å². The van der Waals surface area contributed by atoms with Gasteiger partial charge in [0.25, 0.3) is 0 Å². The molecule has 78 valence electrons. The SMILES string of the molecule is CC[C@]12CCC(=O)C[C@@]1(O)CCC2=O. The molecule has 2 saturated carbocycles. The van der Waals surface area contributed by atoms with Crippen molar-refractivity contribution in [3.8, 4) is 0 Å². The van der Waals surface area contributed by atoms with Crippen LogP contribution in [0.2, 0.25) is 0 Å². The minimum atomic E-state index is -1.02. The third-order valence-corrected chi connectivity index (χ3v) is 4.11. The molecule has 0 bridgehead atoms. The second-order valence-electron chi connectivity index (χ2n) is 4.61. The normalized spacial score (nSPS) is 42.7. The zero-order valence-electron chi connectivity index (χ0n) is 8.51. The Morgan fingerprint density at radius 3 is 2.64 bits per heavy atom. The van der Waals surface area contributed by atoms with Crippen molar-refractivity contribution in [2.24, 2.45) is 5.41 Å². The van der Waals surface area contributed by atoms with Crippen LogP contribution in [0.5, 0.6) is 0 Å². The first kappa shape index (κ1) is 9.84. The molecule has 0 heterocycles. The Kier molecular flexibility index (Phi) is 2.03. The Balaban J connectivity index is 2.40. The van der Waals surface area contributed by atoms with E-state index < -0.39 is 11.0 Å². The topological polar surface area (TPSA) is 54.4 Å². The molecule has 0 saturated heterocycles. The van der Waals surface area contributed by atoms with Gasteiger partial charge in [0, 0.05) is 19.3 Å². The molecule has 14 heavy (non-hydrogen) atoms. The fourth-order valence-corrected chi connectivity index (χ4v) is 3.16. The number of fused-ring (bicyclic) bond motifs is 1. The highest BCUT2D eigenvalue weighted by Crippen LogP contribution is 2.53. The lowest BCUT2D eigenvalue weighted by atomic mass is 9.63. The summed E-state index contributed by atoms with van der Waals surface area (Å²) in [5, 5.41) is 10.4. The summed E-state index contributed by atoms with van der Waals surface area (Å²) in [4.78, 5) is 23.1. The second kappa shape index (κ2) is 2.89. The van der Waals surface area contributed by atoms with Crippen LogP contribution in [0.3, 0.4) is 0 Å². The summed E-state index contributed by atoms with van der Waals surface area (Å²) in [6.45, 7) is 1.93. The summed E-state index contributed by atoms with van der Waals surface area (Å²) in [5.74, 6) is 0.265. The summed E-state index contributed by atoms with van der Waals surface area (Å²) < 4.78 is 0. The molecule has 2 fully saturated rings. The average Bonchev–Trinajstić information content (AvgIpc) is 2.39. The smallest absolute Gasteiger partial charge is 0.142 e. The van der Waals surface area contributed by atoms with Crippen LogP contribution in [0.15, 0.2) is 0 Å². The predicted molar refractivity (Wildman–Crippen MR) is 50.8 cm³/mol. The molecule has 3 heteroatoms. The lowest BCUT2D eigenvalue weighted by Crippen LogP contribution is -2.51. The van der Waals surface area contributed by atoms with E-state index in [1.54, 1.807) is 0 Å². The number of Topliss-reactive ketones (excluding diaryl/α,β-unsaturated/α-hetero) is 2. The van der Waals surface area contributed by atoms with Gasteiger partial charge in [-0.15, -0.1) is 0 Å². The Hall–Kier alpha value is -0.700. The van der Waals surface area contributed by atoms with Gasteiger partial charge in [0.15, 0.2) is 0 Å². The Morgan fingerprint density at radius 1 is 1.29 bits per heavy atom. The van der Waals surface area contributed by atoms with Gasteiger partial charge in [0.05, 0.1) is 11.0 Å². The summed E-state index contributed by atoms with van der Waals surface area (Å²) >= 11 is 0. The van der Waals surface area contributed by atoms with Crippen molar-refractivity contribution in [1.29, 1.82) is 0 Å². The number of hydrogen-bond donors (Lipinski definition) is 1. The number of ketones is 2. The molecular formula is C11H16O3. The van der Waals surface area contributed by atoms with E-state index in [4.69, 9.17) is 0 Å². The molecule has 0 amide bonds. The van der Waals surface area contributed by atoms with Crippen LogP contribution >= 0.6 is 0 Å². The predicted octanol–water partition coefficient (Wildman–Crippen LogP) is 1.23. The first-order chi connectivity index (χ1) is 6.54. The summed E-state index contributed by atoms with van der Waals surface area (Å²) in [6.07, 6.45) is 2.78. The van der Waals surface area contributed by atoms with E-state index in [0.29, 0.717) is 32.1 Å². The van der Waals surface area contributed by atoms with Crippen LogP contribution in [0, 0.1) is 5.41 Å². The molecule has 1 N–H and O–H groups in total. The van der Waals surface area contributed by atoms with Crippen molar-refractivity contribution in [3.63, 3.8) is 0 Å². The molecule has 0 radical (unpaired) electrons. The molecule has 0 spiro atoms. The fraction of sp³-hybridized carbons (Fsp3) is 0.818. The van der Waals surface area contributed by atoms with Crippen LogP contribution in [0.4, 0.5) is 0 Å². The minimum Gasteiger partial charge on any atom is -0.388 e. The highest BCUT2D eigenvalue weighted by molar-refractivity contribution is 5.93. The third kappa shape index (κ3) is 1.02. The zero-order valence-corrected chi connectivity index (χ0v) is 8.51. The Bertz CT molecular complexity index is 297. The maximum atomic E-state index is 11.8. The first-order valence-corrected chi connectivity index (χ1v) is 5.31. The van der Waals surface area contributed by atoms with Crippen LogP contribution in [-0.4, -0.2) is 22.3 Å². The van der Waals surface area contributed by atoms with E-state index in [1.165, 1.54) is 0 Å². The van der Waals surface area contributed by atoms with Crippen LogP contribution in [0.25, 0.3) is 0 Å². The van der Waals surface area contributed by atoms with E-state index in [-0.39, 0.29) is 18.0 Å². The molecule has 0 aliphatic heterocycles. The molecule has 0 aromatic rings. The molecule has 0 aromatic carbocycles. The van der Waals surface area contributed by atoms with Gasteiger partial charge in [-0.3, -0.25) is 9.59 Å². The van der Waals surface area contributed by atoms with Gasteiger partial charge < -0.3 is 5.11 Å². The summed E-state index contributed by atoms with van der Waals surface area (Å²) in [5.41, 5.74) is -1.62. The fourth-order valence-electron chi connectivity index (χ4n) is 3.16. The highest BCUT2D eigenvalue weighted by atomic mass is 16.3. The monoisotopic (exact) mass is 196 g/mol. The molecule has 0 aromatic heterocycles. The van der Waals surface area contributed by atoms with Gasteiger partial charge in [-0.1, -0.05) is 6.92 Å². The van der Waals surface area contributed by atoms with Gasteiger partial charge in [-0.05, 0) is 19.3 Å². The van der Waals surface area contributed by atoms with Gasteiger partial charge in [0.2, 0.25) is 0 Å². The van der Waals surface area contributed by atoms with Crippen molar-refractivity contribution < 1.29 is 14.7 Å². The van der Waals surface area contributed by atoms with Gasteiger partial charge >= 0.3 is 0 Å². The van der Waals surface area contributed by atoms with Crippen molar-refractivity contribution in [1.82, 2.24) is 0 Å². The minimum absolute atomic E-state index is 0.103. The van der Waals surface area contributed by atoms with Crippen LogP contribution < -0.4 is 0 Å². The van der Waals surface area contributed by atoms with Crippen molar-refractivity contribution >= 4 is 11.6 Å². The lowest BCUT2D eigenvalue weighted by molar-refractivity contribution is -0.151. The summed E-state index contributed by atoms with van der Waals surface area (Å²) in [7, 11) is 0. The van der Waals surface area contributed by atoms with E-state index >= 15 is 0 Å². The van der Waals surface area contributed by atoms with E-state index in [1.807, 2.05) is 6.92 Å². The highest BCUT2D eigenvalue weighted by Gasteiger charge is 2.60. The quantitative estimate of drug-likeness (QED) is 0.686. The number of rotatable bonds is 1. The molecule has 2 aliphatic carbocycles. The first-order valence-electron chi connectivity index (χ1n) is 5.31. The van der Waals surface area contributed by atoms with Crippen LogP contribution in [-0.2, 0) is 9.59 Å². The molecule has 2 atom stereocenters.